The lowest BCUT2D eigenvalue weighted by Gasteiger charge is -2.19. The van der Waals surface area contributed by atoms with Crippen molar-refractivity contribution in [2.45, 2.75) is 33.0 Å². The fourth-order valence-electron chi connectivity index (χ4n) is 2.87. The number of rotatable bonds is 7. The minimum Gasteiger partial charge on any atom is -0.758 e. The summed E-state index contributed by atoms with van der Waals surface area (Å²) in [6.45, 7) is 4.12. The maximum absolute atomic E-state index is 13.4. The Morgan fingerprint density at radius 3 is 2.71 bits per heavy atom. The van der Waals surface area contributed by atoms with E-state index >= 15 is 0 Å². The molecule has 28 heavy (non-hydrogen) atoms. The van der Waals surface area contributed by atoms with Crippen molar-refractivity contribution in [1.29, 1.82) is 0 Å². The molecule has 0 bridgehead atoms. The summed E-state index contributed by atoms with van der Waals surface area (Å²) in [5, 5.41) is 9.73. The molecule has 0 radical (unpaired) electrons. The number of carbonyl (C=O) groups excluding carboxylic acids is 1. The lowest BCUT2D eigenvalue weighted by atomic mass is 9.99. The average molecular weight is 394 g/mol. The van der Waals surface area contributed by atoms with Gasteiger partial charge in [0.2, 0.25) is 11.8 Å². The molecule has 0 aliphatic rings. The fourth-order valence-corrected chi connectivity index (χ4v) is 3.16. The minimum atomic E-state index is -0.779. The van der Waals surface area contributed by atoms with Crippen molar-refractivity contribution in [1.82, 2.24) is 0 Å². The predicted octanol–water partition coefficient (Wildman–Crippen LogP) is 3.25. The largest absolute Gasteiger partial charge is 0.758 e. The second-order valence-electron chi connectivity index (χ2n) is 6.62. The number of benzene rings is 1. The van der Waals surface area contributed by atoms with Gasteiger partial charge in [-0.1, -0.05) is 12.1 Å². The standard InChI is InChI=1S/C22H22N2O3S/c1-15-7-8-18(11-16(15)2)21(26)20(24-9-3-5-17(13-24)14-25)22(28)23-12-19-6-4-10-27-19/h3-11,13,20,25H,12,14H2,1-2H3/t20-/m0/s1. The summed E-state index contributed by atoms with van der Waals surface area (Å²) in [6, 6.07) is 12.0. The molecule has 6 heteroatoms. The Morgan fingerprint density at radius 2 is 2.04 bits per heavy atom. The van der Waals surface area contributed by atoms with Crippen molar-refractivity contribution < 1.29 is 18.9 Å². The Kier molecular flexibility index (Phi) is 6.34. The molecular formula is C22H22N2O3S. The molecule has 1 atom stereocenters. The van der Waals surface area contributed by atoms with Crippen LogP contribution >= 0.6 is 0 Å². The Morgan fingerprint density at radius 1 is 1.21 bits per heavy atom. The Bertz CT molecular complexity index is 997. The highest BCUT2D eigenvalue weighted by molar-refractivity contribution is 7.77. The smallest absolute Gasteiger partial charge is 0.237 e. The van der Waals surface area contributed by atoms with Gasteiger partial charge in [0.1, 0.15) is 5.76 Å². The monoisotopic (exact) mass is 394 g/mol. The van der Waals surface area contributed by atoms with Gasteiger partial charge >= 0.3 is 0 Å². The van der Waals surface area contributed by atoms with Gasteiger partial charge in [-0.2, -0.15) is 4.57 Å². The summed E-state index contributed by atoms with van der Waals surface area (Å²) < 4.78 is 7.01. The zero-order valence-electron chi connectivity index (χ0n) is 15.8. The summed E-state index contributed by atoms with van der Waals surface area (Å²) >= 11 is 5.53. The fraction of sp³-hybridized carbons (Fsp3) is 0.227. The number of nitrogens with zero attached hydrogens (tertiary/aromatic N) is 2. The van der Waals surface area contributed by atoms with Crippen LogP contribution in [-0.4, -0.2) is 15.9 Å². The first-order chi connectivity index (χ1) is 13.5. The van der Waals surface area contributed by atoms with Crippen molar-refractivity contribution in [3.8, 4) is 0 Å². The molecule has 0 aliphatic heterocycles. The summed E-state index contributed by atoms with van der Waals surface area (Å²) in [7, 11) is 0. The van der Waals surface area contributed by atoms with Crippen LogP contribution in [0.25, 0.3) is 0 Å². The Hall–Kier alpha value is -2.83. The topological polar surface area (TPSA) is 66.7 Å². The first-order valence-electron chi connectivity index (χ1n) is 8.95. The molecule has 0 spiro atoms. The van der Waals surface area contributed by atoms with Gasteiger partial charge in [0.25, 0.3) is 0 Å². The lowest BCUT2D eigenvalue weighted by Crippen LogP contribution is -2.48. The number of aryl methyl sites for hydroxylation is 2. The van der Waals surface area contributed by atoms with Crippen LogP contribution in [0, 0.1) is 13.8 Å². The molecule has 2 heterocycles. The molecule has 0 saturated carbocycles. The predicted molar refractivity (Wildman–Crippen MR) is 109 cm³/mol. The minimum absolute atomic E-state index is 0.123. The summed E-state index contributed by atoms with van der Waals surface area (Å²) in [4.78, 5) is 17.8. The number of aliphatic hydroxyl groups excluding tert-OH is 1. The SMILES string of the molecule is Cc1ccc(C(=O)[C@@H](C([S-])=NCc2ccco2)[n+]2cccc(CO)c2)cc1C. The van der Waals surface area contributed by atoms with Crippen LogP contribution in [0.4, 0.5) is 0 Å². The van der Waals surface area contributed by atoms with Crippen LogP contribution in [0.3, 0.4) is 0 Å². The zero-order valence-corrected chi connectivity index (χ0v) is 16.6. The van der Waals surface area contributed by atoms with E-state index in [1.807, 2.05) is 38.1 Å². The molecule has 0 fully saturated rings. The van der Waals surface area contributed by atoms with Crippen LogP contribution in [-0.2, 0) is 25.8 Å². The summed E-state index contributed by atoms with van der Waals surface area (Å²) in [6.07, 6.45) is 5.06. The van der Waals surface area contributed by atoms with E-state index < -0.39 is 6.04 Å². The van der Waals surface area contributed by atoms with Gasteiger partial charge in [-0.25, -0.2) is 0 Å². The molecule has 3 rings (SSSR count). The van der Waals surface area contributed by atoms with Gasteiger partial charge in [-0.3, -0.25) is 4.79 Å². The van der Waals surface area contributed by atoms with Crippen LogP contribution in [0.15, 0.2) is 70.5 Å². The maximum atomic E-state index is 13.4. The number of ketones is 1. The second-order valence-corrected chi connectivity index (χ2v) is 7.04. The van der Waals surface area contributed by atoms with Crippen LogP contribution in [0.2, 0.25) is 0 Å². The third-order valence-corrected chi connectivity index (χ3v) is 4.96. The first kappa shape index (κ1) is 19.9. The van der Waals surface area contributed by atoms with Crippen molar-refractivity contribution >= 4 is 23.5 Å². The third-order valence-electron chi connectivity index (χ3n) is 4.61. The number of pyridine rings is 1. The number of furan rings is 1. The van der Waals surface area contributed by atoms with E-state index in [-0.39, 0.29) is 24.0 Å². The van der Waals surface area contributed by atoms with Crippen molar-refractivity contribution in [2.75, 3.05) is 0 Å². The molecule has 0 aliphatic carbocycles. The highest BCUT2D eigenvalue weighted by atomic mass is 32.1. The molecule has 0 unspecified atom stereocenters. The van der Waals surface area contributed by atoms with Gasteiger partial charge < -0.3 is 27.1 Å². The summed E-state index contributed by atoms with van der Waals surface area (Å²) in [5.74, 6) is 0.533. The number of Topliss-reactive ketones (excluding diaryl/α,β-unsaturated/α-hetero) is 1. The average Bonchev–Trinajstić information content (AvgIpc) is 3.22. The van der Waals surface area contributed by atoms with Crippen LogP contribution in [0.1, 0.15) is 38.9 Å². The zero-order chi connectivity index (χ0) is 20.1. The van der Waals surface area contributed by atoms with Crippen molar-refractivity contribution in [2.24, 2.45) is 4.99 Å². The molecule has 3 aromatic rings. The Labute approximate surface area is 169 Å². The maximum Gasteiger partial charge on any atom is 0.237 e. The molecule has 0 amide bonds. The van der Waals surface area contributed by atoms with E-state index in [2.05, 4.69) is 4.99 Å². The summed E-state index contributed by atoms with van der Waals surface area (Å²) in [5.41, 5.74) is 3.42. The number of hydrogen-bond acceptors (Lipinski definition) is 5. The number of aliphatic imine (C=N–C) groups is 1. The number of aromatic nitrogens is 1. The molecule has 1 N–H and O–H groups in total. The van der Waals surface area contributed by atoms with E-state index in [0.29, 0.717) is 16.9 Å². The molecule has 1 aromatic carbocycles. The van der Waals surface area contributed by atoms with Crippen molar-refractivity contribution in [3.63, 3.8) is 0 Å². The molecule has 5 nitrogen and oxygen atoms in total. The molecule has 144 valence electrons. The van der Waals surface area contributed by atoms with E-state index in [0.717, 1.165) is 11.1 Å². The first-order valence-corrected chi connectivity index (χ1v) is 9.36. The molecule has 2 aromatic heterocycles. The highest BCUT2D eigenvalue weighted by Gasteiger charge is 2.28. The molecular weight excluding hydrogens is 372 g/mol. The number of hydrogen-bond donors (Lipinski definition) is 1. The normalized spacial score (nSPS) is 12.8. The third kappa shape index (κ3) is 4.52. The number of carbonyl (C=O) groups is 1. The highest BCUT2D eigenvalue weighted by Crippen LogP contribution is 2.16. The number of aliphatic hydroxyl groups is 1. The van der Waals surface area contributed by atoms with Crippen LogP contribution in [0.5, 0.6) is 0 Å². The van der Waals surface area contributed by atoms with Gasteiger partial charge in [0.15, 0.2) is 12.4 Å². The van der Waals surface area contributed by atoms with Gasteiger partial charge in [-0.15, -0.1) is 0 Å². The van der Waals surface area contributed by atoms with Crippen molar-refractivity contribution in [3.05, 3.63) is 89.1 Å². The van der Waals surface area contributed by atoms with E-state index in [1.54, 1.807) is 41.4 Å². The molecule has 0 saturated heterocycles. The van der Waals surface area contributed by atoms with Gasteiger partial charge in [0.05, 0.1) is 19.4 Å². The van der Waals surface area contributed by atoms with Gasteiger partial charge in [0, 0.05) is 17.2 Å². The lowest BCUT2D eigenvalue weighted by molar-refractivity contribution is -0.692. The van der Waals surface area contributed by atoms with E-state index in [4.69, 9.17) is 17.0 Å². The second kappa shape index (κ2) is 8.91. The van der Waals surface area contributed by atoms with E-state index in [9.17, 15) is 9.90 Å². The van der Waals surface area contributed by atoms with E-state index in [1.165, 1.54) is 0 Å². The quantitative estimate of drug-likeness (QED) is 0.220. The van der Waals surface area contributed by atoms with Gasteiger partial charge in [-0.05, 0) is 54.3 Å². The Balaban J connectivity index is 2.00. The van der Waals surface area contributed by atoms with Crippen LogP contribution < -0.4 is 4.57 Å².